The molecule has 2 heterocycles. The maximum absolute atomic E-state index is 3.47. The van der Waals surface area contributed by atoms with E-state index in [-0.39, 0.29) is 0 Å². The summed E-state index contributed by atoms with van der Waals surface area (Å²) in [5, 5.41) is 6.71. The Bertz CT molecular complexity index is 165. The van der Waals surface area contributed by atoms with Crippen molar-refractivity contribution in [3.05, 3.63) is 0 Å². The maximum Gasteiger partial charge on any atom is 0.0477 e. The number of rotatable bonds is 2. The van der Waals surface area contributed by atoms with Crippen LogP contribution in [-0.2, 0) is 0 Å². The van der Waals surface area contributed by atoms with Crippen molar-refractivity contribution < 1.29 is 0 Å². The average Bonchev–Trinajstić information content (AvgIpc) is 2.24. The molecule has 0 unspecified atom stereocenters. The van der Waals surface area contributed by atoms with Gasteiger partial charge in [0.2, 0.25) is 0 Å². The molecule has 0 saturated carbocycles. The Morgan fingerprint density at radius 2 is 1.79 bits per heavy atom. The highest BCUT2D eigenvalue weighted by atomic mass is 15.2. The molecule has 0 aromatic carbocycles. The topological polar surface area (TPSA) is 27.3 Å². The molecule has 0 bridgehead atoms. The van der Waals surface area contributed by atoms with E-state index >= 15 is 0 Å². The Kier molecular flexibility index (Phi) is 3.42. The van der Waals surface area contributed by atoms with Crippen molar-refractivity contribution in [3.63, 3.8) is 0 Å². The van der Waals surface area contributed by atoms with Crippen molar-refractivity contribution in [1.82, 2.24) is 15.5 Å². The third kappa shape index (κ3) is 2.27. The van der Waals surface area contributed by atoms with E-state index in [9.17, 15) is 0 Å². The van der Waals surface area contributed by atoms with E-state index in [2.05, 4.69) is 15.5 Å². The Morgan fingerprint density at radius 3 is 2.36 bits per heavy atom. The summed E-state index contributed by atoms with van der Waals surface area (Å²) in [6.45, 7) is 6.13. The molecule has 0 aliphatic carbocycles. The predicted molar refractivity (Wildman–Crippen MR) is 59.3 cm³/mol. The molecular formula is C11H23N3. The van der Waals surface area contributed by atoms with Gasteiger partial charge in [-0.1, -0.05) is 0 Å². The lowest BCUT2D eigenvalue weighted by molar-refractivity contribution is 0.0709. The monoisotopic (exact) mass is 197 g/mol. The fraction of sp³-hybridized carbons (Fsp3) is 1.00. The van der Waals surface area contributed by atoms with Crippen molar-refractivity contribution in [2.45, 2.75) is 25.7 Å². The number of likely N-dealkylation sites (tertiary alicyclic amines) is 1. The molecule has 0 aromatic rings. The molecule has 2 N–H and O–H groups in total. The molecule has 2 aliphatic heterocycles. The number of nitrogens with one attached hydrogen (secondary N) is 2. The number of piperidine rings is 2. The van der Waals surface area contributed by atoms with Gasteiger partial charge in [-0.3, -0.25) is 4.90 Å². The predicted octanol–water partition coefficient (Wildman–Crippen LogP) is 0.629. The molecule has 1 spiro atoms. The molecule has 3 heteroatoms. The van der Waals surface area contributed by atoms with Crippen LogP contribution in [0.3, 0.4) is 0 Å². The summed E-state index contributed by atoms with van der Waals surface area (Å²) < 4.78 is 0. The van der Waals surface area contributed by atoms with Gasteiger partial charge in [0.25, 0.3) is 0 Å². The Morgan fingerprint density at radius 1 is 1.14 bits per heavy atom. The van der Waals surface area contributed by atoms with E-state index in [4.69, 9.17) is 0 Å². The summed E-state index contributed by atoms with van der Waals surface area (Å²) in [4.78, 5) is 2.54. The van der Waals surface area contributed by atoms with Gasteiger partial charge in [-0.05, 0) is 64.3 Å². The van der Waals surface area contributed by atoms with E-state index in [0.717, 1.165) is 6.67 Å². The van der Waals surface area contributed by atoms with E-state index in [0.29, 0.717) is 5.41 Å². The van der Waals surface area contributed by atoms with Crippen LogP contribution in [0.5, 0.6) is 0 Å². The van der Waals surface area contributed by atoms with Crippen molar-refractivity contribution in [2.75, 3.05) is 39.9 Å². The molecule has 2 fully saturated rings. The largest absolute Gasteiger partial charge is 0.317 e. The molecule has 2 saturated heterocycles. The molecule has 2 aliphatic rings. The zero-order chi connectivity index (χ0) is 9.86. The number of nitrogens with zero attached hydrogens (tertiary/aromatic N) is 1. The molecule has 0 atom stereocenters. The summed E-state index contributed by atoms with van der Waals surface area (Å²) in [6, 6.07) is 0. The van der Waals surface area contributed by atoms with Crippen molar-refractivity contribution in [1.29, 1.82) is 0 Å². The lowest BCUT2D eigenvalue weighted by Gasteiger charge is -2.44. The van der Waals surface area contributed by atoms with Crippen LogP contribution in [0.1, 0.15) is 25.7 Å². The minimum atomic E-state index is 0.704. The summed E-state index contributed by atoms with van der Waals surface area (Å²) in [5.74, 6) is 0. The van der Waals surface area contributed by atoms with Crippen molar-refractivity contribution >= 4 is 0 Å². The van der Waals surface area contributed by atoms with Crippen LogP contribution in [0.4, 0.5) is 0 Å². The maximum atomic E-state index is 3.47. The summed E-state index contributed by atoms with van der Waals surface area (Å²) >= 11 is 0. The minimum Gasteiger partial charge on any atom is -0.317 e. The Balaban J connectivity index is 1.81. The van der Waals surface area contributed by atoms with Gasteiger partial charge in [0.15, 0.2) is 0 Å². The highest BCUT2D eigenvalue weighted by Crippen LogP contribution is 2.39. The molecule has 0 aromatic heterocycles. The molecule has 2 rings (SSSR count). The number of hydrogen-bond donors (Lipinski definition) is 2. The third-order valence-corrected chi connectivity index (χ3v) is 3.96. The van der Waals surface area contributed by atoms with Crippen LogP contribution in [0.25, 0.3) is 0 Å². The summed E-state index contributed by atoms with van der Waals surface area (Å²) in [7, 11) is 2.04. The third-order valence-electron chi connectivity index (χ3n) is 3.96. The van der Waals surface area contributed by atoms with Gasteiger partial charge < -0.3 is 10.6 Å². The van der Waals surface area contributed by atoms with E-state index < -0.39 is 0 Å². The van der Waals surface area contributed by atoms with Gasteiger partial charge in [-0.15, -0.1) is 0 Å². The van der Waals surface area contributed by atoms with Crippen molar-refractivity contribution in [3.8, 4) is 0 Å². The average molecular weight is 197 g/mol. The Hall–Kier alpha value is -0.120. The first-order chi connectivity index (χ1) is 6.85. The van der Waals surface area contributed by atoms with Crippen LogP contribution in [0.15, 0.2) is 0 Å². The SMILES string of the molecule is CNCN1CCC2(CCNCC2)CC1. The van der Waals surface area contributed by atoms with E-state index in [1.54, 1.807) is 0 Å². The van der Waals surface area contributed by atoms with Gasteiger partial charge in [-0.2, -0.15) is 0 Å². The van der Waals surface area contributed by atoms with E-state index in [1.807, 2.05) is 7.05 Å². The smallest absolute Gasteiger partial charge is 0.0477 e. The highest BCUT2D eigenvalue weighted by molar-refractivity contribution is 4.89. The number of hydrogen-bond acceptors (Lipinski definition) is 3. The first-order valence-electron chi connectivity index (χ1n) is 5.92. The second-order valence-corrected chi connectivity index (χ2v) is 4.88. The first-order valence-corrected chi connectivity index (χ1v) is 5.92. The fourth-order valence-electron chi connectivity index (χ4n) is 2.87. The zero-order valence-corrected chi connectivity index (χ0v) is 9.31. The highest BCUT2D eigenvalue weighted by Gasteiger charge is 2.34. The van der Waals surface area contributed by atoms with Crippen LogP contribution in [-0.4, -0.2) is 44.8 Å². The second kappa shape index (κ2) is 4.60. The fourth-order valence-corrected chi connectivity index (χ4v) is 2.87. The Labute approximate surface area is 87.2 Å². The van der Waals surface area contributed by atoms with E-state index in [1.165, 1.54) is 51.9 Å². The van der Waals surface area contributed by atoms with Crippen LogP contribution >= 0.6 is 0 Å². The van der Waals surface area contributed by atoms with Crippen LogP contribution in [0, 0.1) is 5.41 Å². The molecule has 3 nitrogen and oxygen atoms in total. The summed E-state index contributed by atoms with van der Waals surface area (Å²) in [5.41, 5.74) is 0.704. The van der Waals surface area contributed by atoms with Crippen LogP contribution < -0.4 is 10.6 Å². The molecular weight excluding hydrogens is 174 g/mol. The van der Waals surface area contributed by atoms with Gasteiger partial charge in [0.05, 0.1) is 0 Å². The van der Waals surface area contributed by atoms with Gasteiger partial charge in [0, 0.05) is 6.67 Å². The van der Waals surface area contributed by atoms with Gasteiger partial charge in [-0.25, -0.2) is 0 Å². The normalized spacial score (nSPS) is 28.1. The van der Waals surface area contributed by atoms with Gasteiger partial charge >= 0.3 is 0 Å². The lowest BCUT2D eigenvalue weighted by atomic mass is 9.72. The van der Waals surface area contributed by atoms with Gasteiger partial charge in [0.1, 0.15) is 0 Å². The summed E-state index contributed by atoms with van der Waals surface area (Å²) in [6.07, 6.45) is 5.63. The lowest BCUT2D eigenvalue weighted by Crippen LogP contribution is -2.47. The van der Waals surface area contributed by atoms with Crippen molar-refractivity contribution in [2.24, 2.45) is 5.41 Å². The minimum absolute atomic E-state index is 0.704. The van der Waals surface area contributed by atoms with Crippen LogP contribution in [0.2, 0.25) is 0 Å². The zero-order valence-electron chi connectivity index (χ0n) is 9.31. The standard InChI is InChI=1S/C11H23N3/c1-12-10-14-8-4-11(5-9-14)2-6-13-7-3-11/h12-13H,2-10H2,1H3. The molecule has 82 valence electrons. The first kappa shape index (κ1) is 10.4. The molecule has 14 heavy (non-hydrogen) atoms. The second-order valence-electron chi connectivity index (χ2n) is 4.88. The molecule has 0 amide bonds. The quantitative estimate of drug-likeness (QED) is 0.680. The molecule has 0 radical (unpaired) electrons.